The normalized spacial score (nSPS) is 11.3. The van der Waals surface area contributed by atoms with Gasteiger partial charge in [0, 0.05) is 0 Å². The predicted octanol–water partition coefficient (Wildman–Crippen LogP) is -9.22. The second-order valence-electron chi connectivity index (χ2n) is 0.976. The van der Waals surface area contributed by atoms with Gasteiger partial charge in [-0.1, -0.05) is 0 Å². The number of hydrogen-bond donors (Lipinski definition) is 0. The molecule has 0 unspecified atom stereocenters. The fourth-order valence-corrected chi connectivity index (χ4v) is 1.10. The zero-order valence-electron chi connectivity index (χ0n) is 6.75. The van der Waals surface area contributed by atoms with E-state index >= 15 is 0 Å². The van der Waals surface area contributed by atoms with Gasteiger partial charge in [-0.05, 0) is 0 Å². The van der Waals surface area contributed by atoms with Gasteiger partial charge in [0.2, 0.25) is 0 Å². The van der Waals surface area contributed by atoms with E-state index in [0.717, 1.165) is 0 Å². The summed E-state index contributed by atoms with van der Waals surface area (Å²) in [6.07, 6.45) is 0. The summed E-state index contributed by atoms with van der Waals surface area (Å²) in [6.45, 7) is 0. The SMILES string of the molecule is O=P([O-])([O-])OP(=O)([O-])[O-].[H+].[Na+].[Na+]. The first-order valence-electron chi connectivity index (χ1n) is 1.46. The molecule has 0 fully saturated rings. The van der Waals surface area contributed by atoms with Crippen molar-refractivity contribution in [2.24, 2.45) is 0 Å². The van der Waals surface area contributed by atoms with Gasteiger partial charge in [0.1, 0.15) is 0 Å². The van der Waals surface area contributed by atoms with Crippen LogP contribution in [0.25, 0.3) is 0 Å². The third kappa shape index (κ3) is 18.9. The van der Waals surface area contributed by atoms with Crippen molar-refractivity contribution in [2.75, 3.05) is 0 Å². The molecule has 0 aliphatic heterocycles. The molecule has 11 heteroatoms. The smallest absolute Gasteiger partial charge is 0.790 e. The van der Waals surface area contributed by atoms with Crippen LogP contribution in [0.3, 0.4) is 0 Å². The van der Waals surface area contributed by atoms with Crippen molar-refractivity contribution in [3.63, 3.8) is 0 Å². The van der Waals surface area contributed by atoms with Gasteiger partial charge in [0.25, 0.3) is 0 Å². The molecule has 0 aliphatic carbocycles. The van der Waals surface area contributed by atoms with Crippen LogP contribution in [0, 0.1) is 0 Å². The molecule has 0 radical (unpaired) electrons. The van der Waals surface area contributed by atoms with Crippen molar-refractivity contribution < 1.29 is 93.6 Å². The average Bonchev–Trinajstić information content (AvgIpc) is 1.14. The van der Waals surface area contributed by atoms with E-state index in [1.54, 1.807) is 0 Å². The van der Waals surface area contributed by atoms with Crippen molar-refractivity contribution in [2.45, 2.75) is 0 Å². The number of phosphoric acid groups is 2. The van der Waals surface area contributed by atoms with E-state index in [2.05, 4.69) is 4.31 Å². The third-order valence-electron chi connectivity index (χ3n) is 0.200. The Bertz CT molecular complexity index is 160. The molecule has 11 heavy (non-hydrogen) atoms. The molecule has 0 rings (SSSR count). The molecule has 0 saturated carbocycles. The molecule has 0 aromatic heterocycles. The van der Waals surface area contributed by atoms with Gasteiger partial charge in [0.15, 0.2) is 0 Å². The van der Waals surface area contributed by atoms with Crippen LogP contribution >= 0.6 is 15.6 Å². The summed E-state index contributed by atoms with van der Waals surface area (Å²) >= 11 is 0. The van der Waals surface area contributed by atoms with E-state index in [9.17, 15) is 28.7 Å². The molecule has 0 bridgehead atoms. The Kier molecular flexibility index (Phi) is 11.5. The van der Waals surface area contributed by atoms with Crippen molar-refractivity contribution >= 4 is 15.6 Å². The van der Waals surface area contributed by atoms with Crippen LogP contribution in [-0.2, 0) is 13.4 Å². The van der Waals surface area contributed by atoms with Crippen LogP contribution in [0.5, 0.6) is 0 Å². The summed E-state index contributed by atoms with van der Waals surface area (Å²) in [5.74, 6) is 0. The van der Waals surface area contributed by atoms with Crippen molar-refractivity contribution in [1.82, 2.24) is 0 Å². The maximum absolute atomic E-state index is 9.32. The molecule has 0 aliphatic rings. The maximum atomic E-state index is 9.32. The van der Waals surface area contributed by atoms with Crippen LogP contribution in [0.2, 0.25) is 0 Å². The zero-order chi connectivity index (χ0) is 7.71. The summed E-state index contributed by atoms with van der Waals surface area (Å²) in [5, 5.41) is 0. The molecular weight excluding hydrogens is 220 g/mol. The first kappa shape index (κ1) is 18.9. The second kappa shape index (κ2) is 6.68. The number of hydrogen-bond acceptors (Lipinski definition) is 7. The van der Waals surface area contributed by atoms with Gasteiger partial charge in [-0.2, -0.15) is 0 Å². The van der Waals surface area contributed by atoms with Crippen LogP contribution in [-0.4, -0.2) is 0 Å². The van der Waals surface area contributed by atoms with E-state index in [-0.39, 0.29) is 60.5 Å². The molecule has 0 N–H and O–H groups in total. The van der Waals surface area contributed by atoms with Gasteiger partial charge in [-0.3, -0.25) is 0 Å². The molecule has 0 heterocycles. The summed E-state index contributed by atoms with van der Waals surface area (Å²) in [6, 6.07) is 0. The van der Waals surface area contributed by atoms with E-state index in [4.69, 9.17) is 0 Å². The molecule has 0 amide bonds. The molecule has 0 saturated heterocycles. The quantitative estimate of drug-likeness (QED) is 0.333. The Balaban J connectivity index is -0.000000107. The molecule has 0 atom stereocenters. The van der Waals surface area contributed by atoms with Gasteiger partial charge in [-0.25, -0.2) is 0 Å². The fourth-order valence-electron chi connectivity index (χ4n) is 0.122. The molecule has 0 aromatic carbocycles. The monoisotopic (exact) mass is 221 g/mol. The van der Waals surface area contributed by atoms with Gasteiger partial charge >= 0.3 is 60.5 Å². The topological polar surface area (TPSA) is 136 Å². The van der Waals surface area contributed by atoms with Gasteiger partial charge < -0.3 is 33.0 Å². The summed E-state index contributed by atoms with van der Waals surface area (Å²) in [4.78, 5) is 37.3. The van der Waals surface area contributed by atoms with E-state index in [1.807, 2.05) is 0 Å². The van der Waals surface area contributed by atoms with Crippen molar-refractivity contribution in [1.29, 1.82) is 0 Å². The predicted molar refractivity (Wildman–Crippen MR) is 17.4 cm³/mol. The third-order valence-corrected chi connectivity index (χ3v) is 1.80. The zero-order valence-corrected chi connectivity index (χ0v) is 11.5. The van der Waals surface area contributed by atoms with E-state index in [1.165, 1.54) is 0 Å². The Morgan fingerprint density at radius 1 is 0.909 bits per heavy atom. The minimum Gasteiger partial charge on any atom is -0.790 e. The second-order valence-corrected chi connectivity index (χ2v) is 3.42. The molecule has 7 nitrogen and oxygen atoms in total. The first-order valence-corrected chi connectivity index (χ1v) is 4.38. The van der Waals surface area contributed by atoms with Crippen molar-refractivity contribution in [3.8, 4) is 0 Å². The number of rotatable bonds is 2. The summed E-state index contributed by atoms with van der Waals surface area (Å²) in [5.41, 5.74) is 0. The van der Waals surface area contributed by atoms with Crippen LogP contribution in [0.15, 0.2) is 0 Å². The average molecular weight is 221 g/mol. The van der Waals surface area contributed by atoms with E-state index < -0.39 is 15.6 Å². The first-order chi connectivity index (χ1) is 3.71. The van der Waals surface area contributed by atoms with Gasteiger partial charge in [0.05, 0.1) is 15.6 Å². The van der Waals surface area contributed by atoms with Gasteiger partial charge in [-0.15, -0.1) is 0 Å². The van der Waals surface area contributed by atoms with Crippen LogP contribution in [0.1, 0.15) is 1.43 Å². The minimum absolute atomic E-state index is 0. The molecular formula is HNa2O7P2-. The van der Waals surface area contributed by atoms with E-state index in [0.29, 0.717) is 0 Å². The maximum Gasteiger partial charge on any atom is 1.00 e. The Morgan fingerprint density at radius 3 is 1.09 bits per heavy atom. The summed E-state index contributed by atoms with van der Waals surface area (Å²) < 4.78 is 21.2. The fraction of sp³-hybridized carbons (Fsp3) is 0. The standard InChI is InChI=1S/2Na.H4O7P2/c;;1-8(2,3)7-9(4,5)6/h;;(H2,1,2,3)(H2,4,5,6)/q2*+1;/p-3. The molecule has 0 aromatic rings. The molecule has 0 spiro atoms. The summed E-state index contributed by atoms with van der Waals surface area (Å²) in [7, 11) is -11.4. The van der Waals surface area contributed by atoms with Crippen molar-refractivity contribution in [3.05, 3.63) is 0 Å². The molecule has 56 valence electrons. The van der Waals surface area contributed by atoms with Crippen LogP contribution in [0.4, 0.5) is 0 Å². The minimum atomic E-state index is -5.68. The largest absolute Gasteiger partial charge is 1.00 e. The Hall–Kier alpha value is 2.26. The Morgan fingerprint density at radius 2 is 1.09 bits per heavy atom. The Labute approximate surface area is 108 Å². The van der Waals surface area contributed by atoms with Crippen LogP contribution < -0.4 is 78.7 Å².